The van der Waals surface area contributed by atoms with Gasteiger partial charge in [-0.2, -0.15) is 4.31 Å². The molecular formula is C20H24N2O3S2. The third-order valence-corrected chi connectivity index (χ3v) is 7.37. The summed E-state index contributed by atoms with van der Waals surface area (Å²) in [7, 11) is -3.71. The Morgan fingerprint density at radius 2 is 1.89 bits per heavy atom. The Kier molecular flexibility index (Phi) is 6.24. The quantitative estimate of drug-likeness (QED) is 0.768. The molecule has 1 aliphatic rings. The van der Waals surface area contributed by atoms with Gasteiger partial charge in [0.05, 0.1) is 4.90 Å². The van der Waals surface area contributed by atoms with Crippen molar-refractivity contribution in [3.63, 3.8) is 0 Å². The Labute approximate surface area is 165 Å². The van der Waals surface area contributed by atoms with E-state index in [9.17, 15) is 13.2 Å². The maximum absolute atomic E-state index is 13.1. The summed E-state index contributed by atoms with van der Waals surface area (Å²) in [6.45, 7) is 2.27. The van der Waals surface area contributed by atoms with Crippen molar-refractivity contribution in [2.75, 3.05) is 18.1 Å². The molecule has 1 aliphatic heterocycles. The fourth-order valence-electron chi connectivity index (χ4n) is 3.23. The van der Waals surface area contributed by atoms with Gasteiger partial charge < -0.3 is 5.32 Å². The molecule has 0 aromatic heterocycles. The second-order valence-corrected chi connectivity index (χ2v) is 9.43. The van der Waals surface area contributed by atoms with E-state index in [0.717, 1.165) is 23.3 Å². The first-order valence-electron chi connectivity index (χ1n) is 8.95. The molecule has 2 aromatic rings. The van der Waals surface area contributed by atoms with Crippen molar-refractivity contribution in [2.45, 2.75) is 42.0 Å². The molecule has 27 heavy (non-hydrogen) atoms. The average Bonchev–Trinajstić information content (AvgIpc) is 2.68. The minimum Gasteiger partial charge on any atom is -0.325 e. The van der Waals surface area contributed by atoms with Crippen LogP contribution in [0.3, 0.4) is 0 Å². The number of amides is 1. The smallest absolute Gasteiger partial charge is 0.243 e. The predicted molar refractivity (Wildman–Crippen MR) is 110 cm³/mol. The van der Waals surface area contributed by atoms with Crippen LogP contribution in [0.25, 0.3) is 0 Å². The Morgan fingerprint density at radius 1 is 1.15 bits per heavy atom. The Bertz CT molecular complexity index is 911. The molecule has 0 aliphatic carbocycles. The van der Waals surface area contributed by atoms with Crippen LogP contribution in [0.2, 0.25) is 0 Å². The zero-order valence-electron chi connectivity index (χ0n) is 15.5. The molecule has 0 spiro atoms. The molecule has 1 unspecified atom stereocenters. The van der Waals surface area contributed by atoms with E-state index in [1.165, 1.54) is 4.31 Å². The summed E-state index contributed by atoms with van der Waals surface area (Å²) in [6, 6.07) is 13.6. The van der Waals surface area contributed by atoms with E-state index in [1.807, 2.05) is 37.4 Å². The van der Waals surface area contributed by atoms with Crippen molar-refractivity contribution in [3.8, 4) is 0 Å². The maximum atomic E-state index is 13.1. The second kappa shape index (κ2) is 8.46. The van der Waals surface area contributed by atoms with Crippen LogP contribution in [-0.4, -0.2) is 37.5 Å². The monoisotopic (exact) mass is 404 g/mol. The second-order valence-electron chi connectivity index (χ2n) is 6.66. The minimum atomic E-state index is -3.71. The summed E-state index contributed by atoms with van der Waals surface area (Å²) in [5.74, 6) is -0.274. The van der Waals surface area contributed by atoms with Crippen LogP contribution in [0.15, 0.2) is 58.3 Å². The largest absolute Gasteiger partial charge is 0.325 e. The van der Waals surface area contributed by atoms with Gasteiger partial charge in [-0.1, -0.05) is 30.2 Å². The third kappa shape index (κ3) is 4.54. The minimum absolute atomic E-state index is 0.234. The number of carbonyl (C=O) groups excluding carboxylic acids is 1. The zero-order valence-corrected chi connectivity index (χ0v) is 17.1. The van der Waals surface area contributed by atoms with Crippen molar-refractivity contribution in [3.05, 3.63) is 54.1 Å². The van der Waals surface area contributed by atoms with Crippen molar-refractivity contribution >= 4 is 33.4 Å². The number of hydrogen-bond acceptors (Lipinski definition) is 4. The number of benzene rings is 2. The van der Waals surface area contributed by atoms with E-state index in [4.69, 9.17) is 0 Å². The fraction of sp³-hybridized carbons (Fsp3) is 0.350. The van der Waals surface area contributed by atoms with Gasteiger partial charge in [-0.3, -0.25) is 4.79 Å². The van der Waals surface area contributed by atoms with Gasteiger partial charge in [-0.05, 0) is 56.4 Å². The number of sulfonamides is 1. The van der Waals surface area contributed by atoms with E-state index in [1.54, 1.807) is 36.0 Å². The van der Waals surface area contributed by atoms with Gasteiger partial charge in [-0.15, -0.1) is 11.8 Å². The lowest BCUT2D eigenvalue weighted by atomic mass is 10.0. The van der Waals surface area contributed by atoms with E-state index >= 15 is 0 Å². The number of carbonyl (C=O) groups is 1. The van der Waals surface area contributed by atoms with Gasteiger partial charge in [0.25, 0.3) is 0 Å². The molecule has 3 rings (SSSR count). The van der Waals surface area contributed by atoms with Crippen LogP contribution in [0.1, 0.15) is 24.8 Å². The predicted octanol–water partition coefficient (Wildman–Crippen LogP) is 3.90. The number of aryl methyl sites for hydroxylation is 1. The summed E-state index contributed by atoms with van der Waals surface area (Å²) in [6.07, 6.45) is 4.09. The van der Waals surface area contributed by atoms with Crippen molar-refractivity contribution < 1.29 is 13.2 Å². The van der Waals surface area contributed by atoms with Crippen LogP contribution < -0.4 is 5.32 Å². The van der Waals surface area contributed by atoms with E-state index in [0.29, 0.717) is 18.7 Å². The SMILES string of the molecule is CSc1cccc(NC(=O)C2CCCCN2S(=O)(=O)c2ccc(C)cc2)c1. The molecule has 2 aromatic carbocycles. The lowest BCUT2D eigenvalue weighted by molar-refractivity contribution is -0.120. The number of nitrogens with zero attached hydrogens (tertiary/aromatic N) is 1. The molecule has 0 bridgehead atoms. The Morgan fingerprint density at radius 3 is 2.59 bits per heavy atom. The number of thioether (sulfide) groups is 1. The zero-order chi connectivity index (χ0) is 19.4. The first kappa shape index (κ1) is 19.9. The molecule has 1 atom stereocenters. The molecule has 0 saturated carbocycles. The number of rotatable bonds is 5. The van der Waals surface area contributed by atoms with Crippen LogP contribution in [-0.2, 0) is 14.8 Å². The number of anilines is 1. The Hall–Kier alpha value is -1.83. The van der Waals surface area contributed by atoms with Crippen molar-refractivity contribution in [1.29, 1.82) is 0 Å². The van der Waals surface area contributed by atoms with Crippen LogP contribution >= 0.6 is 11.8 Å². The highest BCUT2D eigenvalue weighted by atomic mass is 32.2. The van der Waals surface area contributed by atoms with Crippen LogP contribution in [0.4, 0.5) is 5.69 Å². The summed E-state index contributed by atoms with van der Waals surface area (Å²) in [5.41, 5.74) is 1.68. The number of nitrogens with one attached hydrogen (secondary N) is 1. The summed E-state index contributed by atoms with van der Waals surface area (Å²) in [5, 5.41) is 2.89. The molecule has 1 saturated heterocycles. The van der Waals surface area contributed by atoms with Crippen molar-refractivity contribution in [1.82, 2.24) is 4.31 Å². The molecular weight excluding hydrogens is 380 g/mol. The lowest BCUT2D eigenvalue weighted by Gasteiger charge is -2.33. The normalized spacial score (nSPS) is 18.2. The Balaban J connectivity index is 1.84. The summed E-state index contributed by atoms with van der Waals surface area (Å²) >= 11 is 1.59. The van der Waals surface area contributed by atoms with E-state index in [2.05, 4.69) is 5.32 Å². The van der Waals surface area contributed by atoms with Gasteiger partial charge in [0, 0.05) is 17.1 Å². The molecule has 1 amide bonds. The lowest BCUT2D eigenvalue weighted by Crippen LogP contribution is -2.49. The highest BCUT2D eigenvalue weighted by molar-refractivity contribution is 7.98. The highest BCUT2D eigenvalue weighted by Crippen LogP contribution is 2.27. The molecule has 1 heterocycles. The maximum Gasteiger partial charge on any atom is 0.243 e. The van der Waals surface area contributed by atoms with Gasteiger partial charge in [0.1, 0.15) is 6.04 Å². The standard InChI is InChI=1S/C20H24N2O3S2/c1-15-9-11-18(12-10-15)27(24,25)22-13-4-3-8-19(22)20(23)21-16-6-5-7-17(14-16)26-2/h5-7,9-12,14,19H,3-4,8,13H2,1-2H3,(H,21,23). The molecule has 1 fully saturated rings. The number of hydrogen-bond donors (Lipinski definition) is 1. The van der Waals surface area contributed by atoms with Crippen LogP contribution in [0.5, 0.6) is 0 Å². The van der Waals surface area contributed by atoms with E-state index < -0.39 is 16.1 Å². The van der Waals surface area contributed by atoms with Gasteiger partial charge >= 0.3 is 0 Å². The summed E-state index contributed by atoms with van der Waals surface area (Å²) < 4.78 is 27.6. The van der Waals surface area contributed by atoms with Gasteiger partial charge in [0.2, 0.25) is 15.9 Å². The molecule has 7 heteroatoms. The molecule has 144 valence electrons. The molecule has 5 nitrogen and oxygen atoms in total. The summed E-state index contributed by atoms with van der Waals surface area (Å²) in [4.78, 5) is 14.2. The fourth-order valence-corrected chi connectivity index (χ4v) is 5.34. The molecule has 1 N–H and O–H groups in total. The average molecular weight is 405 g/mol. The van der Waals surface area contributed by atoms with Gasteiger partial charge in [-0.25, -0.2) is 8.42 Å². The first-order valence-corrected chi connectivity index (χ1v) is 11.6. The number of piperidine rings is 1. The van der Waals surface area contributed by atoms with Crippen LogP contribution in [0, 0.1) is 6.92 Å². The third-order valence-electron chi connectivity index (χ3n) is 4.72. The van der Waals surface area contributed by atoms with Crippen molar-refractivity contribution in [2.24, 2.45) is 0 Å². The molecule has 0 radical (unpaired) electrons. The topological polar surface area (TPSA) is 66.5 Å². The van der Waals surface area contributed by atoms with Gasteiger partial charge in [0.15, 0.2) is 0 Å². The highest BCUT2D eigenvalue weighted by Gasteiger charge is 2.37. The first-order chi connectivity index (χ1) is 12.9. The van der Waals surface area contributed by atoms with E-state index in [-0.39, 0.29) is 10.8 Å².